The fraction of sp³-hybridized carbons (Fsp3) is 0.571. The van der Waals surface area contributed by atoms with E-state index in [1.165, 1.54) is 11.3 Å². The van der Waals surface area contributed by atoms with Gasteiger partial charge in [-0.25, -0.2) is 4.79 Å². The molecule has 0 saturated carbocycles. The van der Waals surface area contributed by atoms with Gasteiger partial charge in [0.2, 0.25) is 0 Å². The van der Waals surface area contributed by atoms with Crippen LogP contribution in [0, 0.1) is 0 Å². The average Bonchev–Trinajstić information content (AvgIpc) is 2.77. The maximum Gasteiger partial charge on any atom is 0.407 e. The number of amides is 1. The van der Waals surface area contributed by atoms with Crippen LogP contribution in [0.4, 0.5) is 4.79 Å². The van der Waals surface area contributed by atoms with Crippen molar-refractivity contribution in [3.63, 3.8) is 0 Å². The summed E-state index contributed by atoms with van der Waals surface area (Å²) in [5.74, 6) is -1.12. The smallest absolute Gasteiger partial charge is 0.407 e. The third kappa shape index (κ3) is 7.10. The fourth-order valence-corrected chi connectivity index (χ4v) is 2.47. The van der Waals surface area contributed by atoms with Crippen molar-refractivity contribution in [2.75, 3.05) is 0 Å². The molecule has 0 radical (unpaired) electrons. The Balaban J connectivity index is 2.71. The Bertz CT molecular complexity index is 466. The predicted molar refractivity (Wildman–Crippen MR) is 79.4 cm³/mol. The van der Waals surface area contributed by atoms with Gasteiger partial charge in [0.1, 0.15) is 5.60 Å². The quantitative estimate of drug-likeness (QED) is 0.746. The number of aliphatic carboxylic acids is 1. The van der Waals surface area contributed by atoms with Crippen LogP contribution in [0.5, 0.6) is 0 Å². The van der Waals surface area contributed by atoms with Gasteiger partial charge in [0, 0.05) is 11.3 Å². The molecule has 0 aliphatic heterocycles. The standard InChI is InChI=1S/C14H21NO5S/c1-14(2,3)20-13(19)15-10(11(16)8-12(17)18)7-9-5-4-6-21-9/h4-6,10-11,16H,7-8H2,1-3H3,(H,15,19)(H,17,18). The molecule has 0 fully saturated rings. The molecule has 0 spiro atoms. The van der Waals surface area contributed by atoms with Gasteiger partial charge in [-0.15, -0.1) is 11.3 Å². The van der Waals surface area contributed by atoms with Gasteiger partial charge in [0.25, 0.3) is 0 Å². The first-order valence-corrected chi connectivity index (χ1v) is 7.47. The van der Waals surface area contributed by atoms with E-state index in [4.69, 9.17) is 9.84 Å². The summed E-state index contributed by atoms with van der Waals surface area (Å²) in [6.45, 7) is 5.19. The van der Waals surface area contributed by atoms with Crippen molar-refractivity contribution >= 4 is 23.4 Å². The third-order valence-electron chi connectivity index (χ3n) is 2.55. The molecular weight excluding hydrogens is 294 g/mol. The predicted octanol–water partition coefficient (Wildman–Crippen LogP) is 2.02. The van der Waals surface area contributed by atoms with E-state index in [1.54, 1.807) is 20.8 Å². The first kappa shape index (κ1) is 17.5. The Morgan fingerprint density at radius 2 is 2.10 bits per heavy atom. The van der Waals surface area contributed by atoms with Crippen molar-refractivity contribution in [1.82, 2.24) is 5.32 Å². The van der Waals surface area contributed by atoms with Gasteiger partial charge in [-0.2, -0.15) is 0 Å². The summed E-state index contributed by atoms with van der Waals surface area (Å²) in [7, 11) is 0. The molecule has 1 aromatic heterocycles. The molecular formula is C14H21NO5S. The van der Waals surface area contributed by atoms with E-state index in [1.807, 2.05) is 17.5 Å². The van der Waals surface area contributed by atoms with Crippen LogP contribution in [-0.2, 0) is 16.0 Å². The maximum atomic E-state index is 11.8. The van der Waals surface area contributed by atoms with Crippen molar-refractivity contribution < 1.29 is 24.5 Å². The topological polar surface area (TPSA) is 95.9 Å². The molecule has 0 aliphatic rings. The Morgan fingerprint density at radius 1 is 1.43 bits per heavy atom. The lowest BCUT2D eigenvalue weighted by atomic mass is 10.0. The molecule has 1 aromatic rings. The fourth-order valence-electron chi connectivity index (χ4n) is 1.71. The highest BCUT2D eigenvalue weighted by molar-refractivity contribution is 7.09. The number of rotatable bonds is 6. The first-order chi connectivity index (χ1) is 9.67. The Labute approximate surface area is 127 Å². The molecule has 2 atom stereocenters. The van der Waals surface area contributed by atoms with Crippen LogP contribution in [0.2, 0.25) is 0 Å². The summed E-state index contributed by atoms with van der Waals surface area (Å²) in [6.07, 6.45) is -1.94. The van der Waals surface area contributed by atoms with Gasteiger partial charge in [0.05, 0.1) is 18.6 Å². The lowest BCUT2D eigenvalue weighted by Crippen LogP contribution is -2.47. The highest BCUT2D eigenvalue weighted by Gasteiger charge is 2.26. The van der Waals surface area contributed by atoms with Gasteiger partial charge < -0.3 is 20.3 Å². The molecule has 0 saturated heterocycles. The monoisotopic (exact) mass is 315 g/mol. The van der Waals surface area contributed by atoms with E-state index >= 15 is 0 Å². The summed E-state index contributed by atoms with van der Waals surface area (Å²) in [5, 5.41) is 23.2. The van der Waals surface area contributed by atoms with E-state index in [2.05, 4.69) is 5.32 Å². The van der Waals surface area contributed by atoms with Crippen LogP contribution in [0.3, 0.4) is 0 Å². The normalized spacial score (nSPS) is 14.3. The number of aliphatic hydroxyl groups is 1. The minimum Gasteiger partial charge on any atom is -0.481 e. The van der Waals surface area contributed by atoms with Crippen molar-refractivity contribution in [1.29, 1.82) is 0 Å². The lowest BCUT2D eigenvalue weighted by Gasteiger charge is -2.25. The van der Waals surface area contributed by atoms with Gasteiger partial charge in [-0.1, -0.05) is 6.07 Å². The molecule has 1 heterocycles. The molecule has 3 N–H and O–H groups in total. The number of hydrogen-bond donors (Lipinski definition) is 3. The van der Waals surface area contributed by atoms with E-state index in [9.17, 15) is 14.7 Å². The number of hydrogen-bond acceptors (Lipinski definition) is 5. The molecule has 1 rings (SSSR count). The van der Waals surface area contributed by atoms with Crippen LogP contribution < -0.4 is 5.32 Å². The van der Waals surface area contributed by atoms with Gasteiger partial charge in [-0.3, -0.25) is 4.79 Å². The van der Waals surface area contributed by atoms with Crippen LogP contribution in [0.1, 0.15) is 32.1 Å². The number of aliphatic hydroxyl groups excluding tert-OH is 1. The summed E-state index contributed by atoms with van der Waals surface area (Å²) < 4.78 is 5.14. The number of carbonyl (C=O) groups is 2. The zero-order valence-corrected chi connectivity index (χ0v) is 13.1. The zero-order chi connectivity index (χ0) is 16.0. The van der Waals surface area contributed by atoms with Gasteiger partial charge in [0.15, 0.2) is 0 Å². The van der Waals surface area contributed by atoms with Crippen molar-refractivity contribution in [2.24, 2.45) is 0 Å². The van der Waals surface area contributed by atoms with Crippen molar-refractivity contribution in [2.45, 2.75) is 51.4 Å². The van der Waals surface area contributed by atoms with Crippen molar-refractivity contribution in [3.8, 4) is 0 Å². The largest absolute Gasteiger partial charge is 0.481 e. The van der Waals surface area contributed by atoms with Crippen LogP contribution in [0.15, 0.2) is 17.5 Å². The minimum atomic E-state index is -1.18. The molecule has 0 aromatic carbocycles. The third-order valence-corrected chi connectivity index (χ3v) is 3.45. The molecule has 2 unspecified atom stereocenters. The number of thiophene rings is 1. The summed E-state index contributed by atoms with van der Waals surface area (Å²) in [4.78, 5) is 23.5. The van der Waals surface area contributed by atoms with Crippen LogP contribution in [-0.4, -0.2) is 40.0 Å². The maximum absolute atomic E-state index is 11.8. The molecule has 0 aliphatic carbocycles. The second-order valence-corrected chi connectivity index (χ2v) is 6.73. The minimum absolute atomic E-state index is 0.353. The summed E-state index contributed by atoms with van der Waals surface area (Å²) in [6, 6.07) is 3.00. The van der Waals surface area contributed by atoms with Crippen LogP contribution in [0.25, 0.3) is 0 Å². The number of ether oxygens (including phenoxy) is 1. The van der Waals surface area contributed by atoms with Crippen molar-refractivity contribution in [3.05, 3.63) is 22.4 Å². The number of carboxylic acids is 1. The molecule has 1 amide bonds. The zero-order valence-electron chi connectivity index (χ0n) is 12.3. The molecule has 21 heavy (non-hydrogen) atoms. The number of carbonyl (C=O) groups excluding carboxylic acids is 1. The second kappa shape index (κ2) is 7.42. The Morgan fingerprint density at radius 3 is 2.57 bits per heavy atom. The molecule has 0 bridgehead atoms. The number of nitrogens with one attached hydrogen (secondary N) is 1. The molecule has 118 valence electrons. The molecule has 6 nitrogen and oxygen atoms in total. The van der Waals surface area contributed by atoms with E-state index in [-0.39, 0.29) is 0 Å². The van der Waals surface area contributed by atoms with E-state index in [0.29, 0.717) is 6.42 Å². The van der Waals surface area contributed by atoms with Gasteiger partial charge >= 0.3 is 12.1 Å². The van der Waals surface area contributed by atoms with Crippen LogP contribution >= 0.6 is 11.3 Å². The Hall–Kier alpha value is -1.60. The average molecular weight is 315 g/mol. The number of carboxylic acid groups (broad SMARTS) is 1. The second-order valence-electron chi connectivity index (χ2n) is 5.70. The van der Waals surface area contributed by atoms with E-state index in [0.717, 1.165) is 4.88 Å². The first-order valence-electron chi connectivity index (χ1n) is 6.59. The molecule has 7 heteroatoms. The summed E-state index contributed by atoms with van der Waals surface area (Å²) >= 11 is 1.48. The SMILES string of the molecule is CC(C)(C)OC(=O)NC(Cc1cccs1)C(O)CC(=O)O. The van der Waals surface area contributed by atoms with Gasteiger partial charge in [-0.05, 0) is 32.2 Å². The highest BCUT2D eigenvalue weighted by atomic mass is 32.1. The highest BCUT2D eigenvalue weighted by Crippen LogP contribution is 2.15. The lowest BCUT2D eigenvalue weighted by molar-refractivity contribution is -0.139. The Kier molecular flexibility index (Phi) is 6.17. The summed E-state index contributed by atoms with van der Waals surface area (Å²) in [5.41, 5.74) is -0.657. The van der Waals surface area contributed by atoms with E-state index < -0.39 is 36.2 Å². The number of alkyl carbamates (subject to hydrolysis) is 1.